The number of ether oxygens (including phenoxy) is 3. The molecule has 0 aromatic rings. The van der Waals surface area contributed by atoms with E-state index in [-0.39, 0.29) is 37.5 Å². The lowest BCUT2D eigenvalue weighted by molar-refractivity contribution is -0.167. The first kappa shape index (κ1) is 77.5. The Kier molecular flexibility index (Phi) is 64.4. The maximum atomic E-state index is 12.9. The van der Waals surface area contributed by atoms with Gasteiger partial charge in [-0.3, -0.25) is 14.4 Å². The number of hydrogen-bond donors (Lipinski definition) is 0. The molecule has 0 aromatic carbocycles. The molecule has 0 aromatic heterocycles. The van der Waals surface area contributed by atoms with Gasteiger partial charge >= 0.3 is 17.9 Å². The molecule has 0 saturated heterocycles. The molecule has 0 amide bonds. The van der Waals surface area contributed by atoms with Crippen LogP contribution in [-0.4, -0.2) is 37.2 Å². The first-order valence-electron chi connectivity index (χ1n) is 33.3. The van der Waals surface area contributed by atoms with E-state index in [1.807, 2.05) is 0 Å². The summed E-state index contributed by atoms with van der Waals surface area (Å²) < 4.78 is 16.9. The third kappa shape index (κ3) is 67.2. The first-order chi connectivity index (χ1) is 41.0. The van der Waals surface area contributed by atoms with Crippen molar-refractivity contribution in [1.29, 1.82) is 0 Å². The monoisotopic (exact) mass is 1140 g/mol. The molecule has 464 valence electrons. The van der Waals surface area contributed by atoms with Crippen LogP contribution in [0.4, 0.5) is 0 Å². The highest BCUT2D eigenvalue weighted by molar-refractivity contribution is 5.71. The van der Waals surface area contributed by atoms with Gasteiger partial charge in [-0.25, -0.2) is 0 Å². The quantitative estimate of drug-likeness (QED) is 0.0261. The zero-order chi connectivity index (χ0) is 59.9. The molecule has 0 bridgehead atoms. The highest BCUT2D eigenvalue weighted by atomic mass is 16.6. The average molecular weight is 1140 g/mol. The molecule has 0 aliphatic heterocycles. The summed E-state index contributed by atoms with van der Waals surface area (Å²) in [5.41, 5.74) is 0. The van der Waals surface area contributed by atoms with Crippen LogP contribution in [0.2, 0.25) is 0 Å². The lowest BCUT2D eigenvalue weighted by Gasteiger charge is -2.18. The van der Waals surface area contributed by atoms with E-state index >= 15 is 0 Å². The van der Waals surface area contributed by atoms with Gasteiger partial charge in [0.2, 0.25) is 0 Å². The fourth-order valence-corrected chi connectivity index (χ4v) is 8.52. The Labute approximate surface area is 510 Å². The molecular weight excluding hydrogens is 1020 g/mol. The minimum atomic E-state index is -0.818. The van der Waals surface area contributed by atoms with E-state index in [1.54, 1.807) is 0 Å². The molecule has 0 N–H and O–H groups in total. The summed E-state index contributed by atoms with van der Waals surface area (Å²) in [6, 6.07) is 0. The topological polar surface area (TPSA) is 78.9 Å². The van der Waals surface area contributed by atoms with Crippen molar-refractivity contribution >= 4 is 17.9 Å². The molecule has 1 atom stereocenters. The standard InChI is InChI=1S/C77H120O6/c1-4-7-10-13-16-19-22-25-27-29-31-33-35-36-37-38-39-40-42-43-45-47-49-52-55-58-61-64-67-70-76(79)82-73-74(72-81-75(78)69-66-63-60-57-54-51-24-21-18-15-12-9-6-3)83-77(80)71-68-65-62-59-56-53-50-48-46-44-41-34-32-30-28-26-23-20-17-14-11-8-5-2/h7-12,16-21,25-28,31-34,36-37,39-40,44,46,50-51,53-54,74H,4-6,13-15,22-24,29-30,35,38,41-43,45,47-49,52,55-73H2,1-3H3/b10-7-,11-8-,12-9-,19-16-,20-17-,21-18-,27-25-,28-26-,33-31-,34-32-,37-36-,40-39-,46-44-,53-50-,54-51-. The highest BCUT2D eigenvalue weighted by Gasteiger charge is 2.19. The second-order valence-corrected chi connectivity index (χ2v) is 21.2. The third-order valence-electron chi connectivity index (χ3n) is 13.4. The first-order valence-corrected chi connectivity index (χ1v) is 33.3. The van der Waals surface area contributed by atoms with Crippen molar-refractivity contribution in [2.45, 2.75) is 271 Å². The number of unbranched alkanes of at least 4 members (excludes halogenated alkanes) is 17. The Morgan fingerprint density at radius 2 is 0.434 bits per heavy atom. The number of carbonyl (C=O) groups excluding carboxylic acids is 3. The average Bonchev–Trinajstić information content (AvgIpc) is 3.49. The summed E-state index contributed by atoms with van der Waals surface area (Å²) in [6.07, 6.45) is 103. The van der Waals surface area contributed by atoms with Crippen LogP contribution in [0.5, 0.6) is 0 Å². The van der Waals surface area contributed by atoms with Gasteiger partial charge in [0, 0.05) is 19.3 Å². The van der Waals surface area contributed by atoms with Crippen LogP contribution in [-0.2, 0) is 28.6 Å². The maximum Gasteiger partial charge on any atom is 0.306 e. The molecule has 0 aliphatic rings. The number of allylic oxidation sites excluding steroid dienone is 30. The van der Waals surface area contributed by atoms with E-state index in [1.165, 1.54) is 44.9 Å². The minimum Gasteiger partial charge on any atom is -0.462 e. The molecule has 0 rings (SSSR count). The van der Waals surface area contributed by atoms with E-state index in [2.05, 4.69) is 203 Å². The summed E-state index contributed by atoms with van der Waals surface area (Å²) in [5, 5.41) is 0. The Morgan fingerprint density at radius 3 is 0.687 bits per heavy atom. The fraction of sp³-hybridized carbons (Fsp3) is 0.571. The van der Waals surface area contributed by atoms with Crippen LogP contribution in [0.3, 0.4) is 0 Å². The molecule has 0 aliphatic carbocycles. The van der Waals surface area contributed by atoms with Gasteiger partial charge in [0.15, 0.2) is 6.10 Å². The molecule has 0 fully saturated rings. The van der Waals surface area contributed by atoms with Crippen LogP contribution in [0.15, 0.2) is 182 Å². The van der Waals surface area contributed by atoms with Crippen molar-refractivity contribution in [3.63, 3.8) is 0 Å². The second kappa shape index (κ2) is 69.0. The smallest absolute Gasteiger partial charge is 0.306 e. The van der Waals surface area contributed by atoms with Gasteiger partial charge in [-0.1, -0.05) is 274 Å². The number of esters is 3. The predicted molar refractivity (Wildman–Crippen MR) is 361 cm³/mol. The fourth-order valence-electron chi connectivity index (χ4n) is 8.52. The van der Waals surface area contributed by atoms with E-state index < -0.39 is 6.10 Å². The molecule has 0 heterocycles. The lowest BCUT2D eigenvalue weighted by Crippen LogP contribution is -2.30. The molecule has 0 radical (unpaired) electrons. The van der Waals surface area contributed by atoms with E-state index in [9.17, 15) is 14.4 Å². The molecular formula is C77H120O6. The van der Waals surface area contributed by atoms with Crippen LogP contribution in [0.25, 0.3) is 0 Å². The molecule has 0 spiro atoms. The number of hydrogen-bond acceptors (Lipinski definition) is 6. The van der Waals surface area contributed by atoms with Gasteiger partial charge in [-0.05, 0) is 154 Å². The van der Waals surface area contributed by atoms with Crippen LogP contribution in [0.1, 0.15) is 265 Å². The number of carbonyl (C=O) groups is 3. The van der Waals surface area contributed by atoms with Gasteiger partial charge < -0.3 is 14.2 Å². The van der Waals surface area contributed by atoms with Crippen molar-refractivity contribution < 1.29 is 28.6 Å². The van der Waals surface area contributed by atoms with E-state index in [0.29, 0.717) is 12.8 Å². The van der Waals surface area contributed by atoms with Crippen molar-refractivity contribution in [3.05, 3.63) is 182 Å². The number of rotatable bonds is 58. The summed E-state index contributed by atoms with van der Waals surface area (Å²) >= 11 is 0. The SMILES string of the molecule is CC/C=C\C/C=C\C/C=C\C/C=C\C/C=C\C/C=C\CCCCCCCCCCCCC(=O)OCC(COC(=O)CCCCC/C=C\C/C=C\C/C=C\CC)OC(=O)CCCCCC/C=C\C/C=C\C/C=C\C/C=C\C/C=C\C/C=C\CC. The van der Waals surface area contributed by atoms with Gasteiger partial charge in [-0.2, -0.15) is 0 Å². The Balaban J connectivity index is 4.41. The Hall–Kier alpha value is -5.49. The van der Waals surface area contributed by atoms with Crippen molar-refractivity contribution in [1.82, 2.24) is 0 Å². The van der Waals surface area contributed by atoms with Crippen LogP contribution >= 0.6 is 0 Å². The molecule has 6 nitrogen and oxygen atoms in total. The van der Waals surface area contributed by atoms with E-state index in [0.717, 1.165) is 180 Å². The Bertz CT molecular complexity index is 1940. The van der Waals surface area contributed by atoms with Crippen LogP contribution < -0.4 is 0 Å². The zero-order valence-electron chi connectivity index (χ0n) is 53.1. The highest BCUT2D eigenvalue weighted by Crippen LogP contribution is 2.14. The summed E-state index contributed by atoms with van der Waals surface area (Å²) in [5.74, 6) is -0.974. The minimum absolute atomic E-state index is 0.109. The Morgan fingerprint density at radius 1 is 0.241 bits per heavy atom. The zero-order valence-corrected chi connectivity index (χ0v) is 53.1. The predicted octanol–water partition coefficient (Wildman–Crippen LogP) is 23.2. The lowest BCUT2D eigenvalue weighted by atomic mass is 10.1. The maximum absolute atomic E-state index is 12.9. The van der Waals surface area contributed by atoms with Crippen LogP contribution in [0, 0.1) is 0 Å². The van der Waals surface area contributed by atoms with Gasteiger partial charge in [0.25, 0.3) is 0 Å². The van der Waals surface area contributed by atoms with Crippen molar-refractivity contribution in [2.24, 2.45) is 0 Å². The summed E-state index contributed by atoms with van der Waals surface area (Å²) in [7, 11) is 0. The molecule has 6 heteroatoms. The normalized spacial score (nSPS) is 13.3. The van der Waals surface area contributed by atoms with Crippen molar-refractivity contribution in [2.75, 3.05) is 13.2 Å². The van der Waals surface area contributed by atoms with Gasteiger partial charge in [-0.15, -0.1) is 0 Å². The van der Waals surface area contributed by atoms with Gasteiger partial charge in [0.05, 0.1) is 0 Å². The largest absolute Gasteiger partial charge is 0.462 e. The van der Waals surface area contributed by atoms with Crippen molar-refractivity contribution in [3.8, 4) is 0 Å². The molecule has 1 unspecified atom stereocenters. The second-order valence-electron chi connectivity index (χ2n) is 21.2. The van der Waals surface area contributed by atoms with Gasteiger partial charge in [0.1, 0.15) is 13.2 Å². The molecule has 0 saturated carbocycles. The van der Waals surface area contributed by atoms with E-state index in [4.69, 9.17) is 14.2 Å². The molecule has 83 heavy (non-hydrogen) atoms. The third-order valence-corrected chi connectivity index (χ3v) is 13.4. The summed E-state index contributed by atoms with van der Waals surface area (Å²) in [4.78, 5) is 38.4. The summed E-state index contributed by atoms with van der Waals surface area (Å²) in [6.45, 7) is 6.24.